The second-order valence-electron chi connectivity index (χ2n) is 7.31. The first kappa shape index (κ1) is 24.7. The zero-order valence-corrected chi connectivity index (χ0v) is 21.8. The third-order valence-corrected chi connectivity index (χ3v) is 7.09. The van der Waals surface area contributed by atoms with E-state index < -0.39 is 0 Å². The van der Waals surface area contributed by atoms with Gasteiger partial charge in [0.25, 0.3) is 11.1 Å². The van der Waals surface area contributed by atoms with E-state index in [2.05, 4.69) is 15.9 Å². The van der Waals surface area contributed by atoms with E-state index in [0.717, 1.165) is 21.8 Å². The van der Waals surface area contributed by atoms with E-state index >= 15 is 0 Å². The van der Waals surface area contributed by atoms with Crippen LogP contribution in [0.4, 0.5) is 4.79 Å². The monoisotopic (exact) mass is 577 g/mol. The first-order valence-electron chi connectivity index (χ1n) is 10.1. The highest BCUT2D eigenvalue weighted by Crippen LogP contribution is 2.39. The van der Waals surface area contributed by atoms with Crippen LogP contribution in [0.2, 0.25) is 10.0 Å². The maximum absolute atomic E-state index is 12.9. The quantitative estimate of drug-likeness (QED) is 0.270. The van der Waals surface area contributed by atoms with Gasteiger partial charge in [-0.3, -0.25) is 14.5 Å². The van der Waals surface area contributed by atoms with Crippen LogP contribution in [0.25, 0.3) is 6.08 Å². The fraction of sp³-hybridized carbons (Fsp3) is 0.120. The van der Waals surface area contributed by atoms with Crippen molar-refractivity contribution in [2.45, 2.75) is 13.2 Å². The summed E-state index contributed by atoms with van der Waals surface area (Å²) in [5.74, 6) is 0.433. The fourth-order valence-electron chi connectivity index (χ4n) is 3.28. The lowest BCUT2D eigenvalue weighted by molar-refractivity contribution is -0.123. The molecular formula is C25H18BrCl2NO4S. The Morgan fingerprint density at radius 2 is 1.76 bits per heavy atom. The Balaban J connectivity index is 1.53. The number of carbonyl (C=O) groups excluding carboxylic acids is 2. The number of imide groups is 1. The molecule has 2 amide bonds. The van der Waals surface area contributed by atoms with Gasteiger partial charge in [-0.15, -0.1) is 0 Å². The zero-order valence-electron chi connectivity index (χ0n) is 17.9. The van der Waals surface area contributed by atoms with Crippen LogP contribution in [0.15, 0.2) is 70.0 Å². The van der Waals surface area contributed by atoms with Crippen molar-refractivity contribution < 1.29 is 19.1 Å². The molecule has 0 aliphatic carbocycles. The van der Waals surface area contributed by atoms with Gasteiger partial charge < -0.3 is 9.47 Å². The molecule has 1 heterocycles. The molecule has 1 aliphatic heterocycles. The Labute approximate surface area is 219 Å². The summed E-state index contributed by atoms with van der Waals surface area (Å²) < 4.78 is 12.4. The summed E-state index contributed by atoms with van der Waals surface area (Å²) >= 11 is 16.9. The number of thioether (sulfide) groups is 1. The number of amides is 2. The molecule has 5 nitrogen and oxygen atoms in total. The second kappa shape index (κ2) is 10.9. The summed E-state index contributed by atoms with van der Waals surface area (Å²) in [6.07, 6.45) is 1.62. The lowest BCUT2D eigenvalue weighted by Crippen LogP contribution is -2.27. The Morgan fingerprint density at radius 1 is 1.03 bits per heavy atom. The highest BCUT2D eigenvalue weighted by atomic mass is 79.9. The second-order valence-corrected chi connectivity index (χ2v) is 10.0. The number of rotatable bonds is 7. The molecule has 1 fully saturated rings. The lowest BCUT2D eigenvalue weighted by atomic mass is 10.1. The van der Waals surface area contributed by atoms with E-state index in [-0.39, 0.29) is 17.7 Å². The molecule has 0 radical (unpaired) electrons. The SMILES string of the molecule is COc1cc(/C=C2\SC(=O)N(Cc3ccccc3Cl)C2=O)cc(Cl)c1OCc1ccc(Br)cc1. The van der Waals surface area contributed by atoms with Gasteiger partial charge in [0.15, 0.2) is 11.5 Å². The minimum Gasteiger partial charge on any atom is -0.493 e. The highest BCUT2D eigenvalue weighted by Gasteiger charge is 2.35. The molecule has 3 aromatic rings. The van der Waals surface area contributed by atoms with Gasteiger partial charge in [0.2, 0.25) is 0 Å². The Morgan fingerprint density at radius 3 is 2.47 bits per heavy atom. The number of hydrogen-bond acceptors (Lipinski definition) is 5. The van der Waals surface area contributed by atoms with Gasteiger partial charge >= 0.3 is 0 Å². The summed E-state index contributed by atoms with van der Waals surface area (Å²) in [6.45, 7) is 0.415. The Hall–Kier alpha value is -2.45. The van der Waals surface area contributed by atoms with E-state index in [1.807, 2.05) is 30.3 Å². The van der Waals surface area contributed by atoms with Crippen LogP contribution in [0.3, 0.4) is 0 Å². The number of hydrogen-bond donors (Lipinski definition) is 0. The number of methoxy groups -OCH3 is 1. The smallest absolute Gasteiger partial charge is 0.293 e. The maximum Gasteiger partial charge on any atom is 0.293 e. The highest BCUT2D eigenvalue weighted by molar-refractivity contribution is 9.10. The summed E-state index contributed by atoms with van der Waals surface area (Å²) in [5.41, 5.74) is 2.28. The molecule has 0 aromatic heterocycles. The van der Waals surface area contributed by atoms with Gasteiger partial charge in [-0.1, -0.05) is 69.5 Å². The van der Waals surface area contributed by atoms with Gasteiger partial charge in [0, 0.05) is 9.50 Å². The zero-order chi connectivity index (χ0) is 24.2. The van der Waals surface area contributed by atoms with E-state index in [1.54, 1.807) is 36.4 Å². The van der Waals surface area contributed by atoms with E-state index in [0.29, 0.717) is 44.2 Å². The molecule has 0 atom stereocenters. The molecular weight excluding hydrogens is 561 g/mol. The molecule has 3 aromatic carbocycles. The van der Waals surface area contributed by atoms with Gasteiger partial charge in [-0.05, 0) is 64.9 Å². The standard InChI is InChI=1S/C25H18BrCl2NO4S/c1-32-21-11-16(10-20(28)23(21)33-14-15-6-8-18(26)9-7-15)12-22-24(30)29(25(31)34-22)13-17-4-2-3-5-19(17)27/h2-12H,13-14H2,1H3/b22-12-. The number of benzene rings is 3. The van der Waals surface area contributed by atoms with Crippen LogP contribution < -0.4 is 9.47 Å². The molecule has 0 spiro atoms. The average molecular weight is 579 g/mol. The first-order valence-corrected chi connectivity index (χ1v) is 12.5. The Kier molecular flexibility index (Phi) is 7.88. The Bertz CT molecular complexity index is 1280. The first-order chi connectivity index (χ1) is 16.4. The number of ether oxygens (including phenoxy) is 2. The van der Waals surface area contributed by atoms with Crippen molar-refractivity contribution in [1.82, 2.24) is 4.90 Å². The predicted octanol–water partition coefficient (Wildman–Crippen LogP) is 7.58. The van der Waals surface area contributed by atoms with Gasteiger partial charge in [0.05, 0.1) is 23.6 Å². The number of carbonyl (C=O) groups is 2. The van der Waals surface area contributed by atoms with Crippen molar-refractivity contribution in [3.8, 4) is 11.5 Å². The van der Waals surface area contributed by atoms with E-state index in [4.69, 9.17) is 32.7 Å². The third kappa shape index (κ3) is 5.61. The molecule has 34 heavy (non-hydrogen) atoms. The minimum absolute atomic E-state index is 0.106. The predicted molar refractivity (Wildman–Crippen MR) is 139 cm³/mol. The molecule has 0 unspecified atom stereocenters. The molecule has 0 saturated carbocycles. The van der Waals surface area contributed by atoms with Crippen molar-refractivity contribution in [3.05, 3.63) is 96.8 Å². The van der Waals surface area contributed by atoms with Crippen LogP contribution in [0.1, 0.15) is 16.7 Å². The summed E-state index contributed by atoms with van der Waals surface area (Å²) in [5, 5.41) is 0.475. The molecule has 0 bridgehead atoms. The van der Waals surface area contributed by atoms with Crippen molar-refractivity contribution in [2.24, 2.45) is 0 Å². The normalized spacial score (nSPS) is 14.7. The van der Waals surface area contributed by atoms with Gasteiger partial charge in [0.1, 0.15) is 6.61 Å². The number of nitrogens with zero attached hydrogens (tertiary/aromatic N) is 1. The van der Waals surface area contributed by atoms with Crippen molar-refractivity contribution in [3.63, 3.8) is 0 Å². The molecule has 174 valence electrons. The molecule has 1 aliphatic rings. The molecule has 1 saturated heterocycles. The summed E-state index contributed by atoms with van der Waals surface area (Å²) in [4.78, 5) is 26.9. The third-order valence-electron chi connectivity index (χ3n) is 5.01. The van der Waals surface area contributed by atoms with Crippen LogP contribution in [-0.2, 0) is 17.9 Å². The number of halogens is 3. The van der Waals surface area contributed by atoms with Crippen molar-refractivity contribution in [1.29, 1.82) is 0 Å². The van der Waals surface area contributed by atoms with Crippen molar-refractivity contribution >= 4 is 68.1 Å². The van der Waals surface area contributed by atoms with Crippen LogP contribution >= 0.6 is 50.9 Å². The topological polar surface area (TPSA) is 55.8 Å². The van der Waals surface area contributed by atoms with Crippen LogP contribution in [-0.4, -0.2) is 23.2 Å². The largest absolute Gasteiger partial charge is 0.493 e. The fourth-order valence-corrected chi connectivity index (χ4v) is 4.86. The average Bonchev–Trinajstić information content (AvgIpc) is 3.07. The lowest BCUT2D eigenvalue weighted by Gasteiger charge is -2.14. The molecule has 0 N–H and O–H groups in total. The van der Waals surface area contributed by atoms with Crippen LogP contribution in [0.5, 0.6) is 11.5 Å². The molecule has 9 heteroatoms. The minimum atomic E-state index is -0.388. The van der Waals surface area contributed by atoms with Gasteiger partial charge in [-0.2, -0.15) is 0 Å². The van der Waals surface area contributed by atoms with Gasteiger partial charge in [-0.25, -0.2) is 0 Å². The maximum atomic E-state index is 12.9. The van der Waals surface area contributed by atoms with E-state index in [1.165, 1.54) is 12.0 Å². The van der Waals surface area contributed by atoms with Crippen molar-refractivity contribution in [2.75, 3.05) is 7.11 Å². The van der Waals surface area contributed by atoms with E-state index in [9.17, 15) is 9.59 Å². The summed E-state index contributed by atoms with van der Waals surface area (Å²) in [6, 6.07) is 18.2. The molecule has 4 rings (SSSR count). The van der Waals surface area contributed by atoms with Crippen LogP contribution in [0, 0.1) is 0 Å². The summed E-state index contributed by atoms with van der Waals surface area (Å²) in [7, 11) is 1.51.